The summed E-state index contributed by atoms with van der Waals surface area (Å²) in [5, 5.41) is 0. The Morgan fingerprint density at radius 3 is 2.50 bits per heavy atom. The molecule has 1 aromatic rings. The molecule has 0 bridgehead atoms. The lowest BCUT2D eigenvalue weighted by Gasteiger charge is -2.30. The van der Waals surface area contributed by atoms with Crippen molar-refractivity contribution in [2.24, 2.45) is 5.73 Å². The van der Waals surface area contributed by atoms with Crippen molar-refractivity contribution in [3.8, 4) is 0 Å². The number of hydrogen-bond acceptors (Lipinski definition) is 4. The van der Waals surface area contributed by atoms with Crippen molar-refractivity contribution >= 4 is 18.3 Å². The molecule has 1 saturated heterocycles. The topological polar surface area (TPSA) is 58.8 Å². The summed E-state index contributed by atoms with van der Waals surface area (Å²) < 4.78 is 5.28. The standard InChI is InChI=1S/C16H25N3O2.ClH/c17-7-9-18(8-6-15-4-2-1-3-5-15)14-16(20)19-10-12-21-13-11-19;/h1-5H,6-14,17H2;1H. The van der Waals surface area contributed by atoms with E-state index in [0.717, 1.165) is 19.5 Å². The molecule has 1 amide bonds. The number of amides is 1. The molecule has 1 fully saturated rings. The highest BCUT2D eigenvalue weighted by atomic mass is 35.5. The van der Waals surface area contributed by atoms with E-state index in [1.54, 1.807) is 0 Å². The van der Waals surface area contributed by atoms with Crippen molar-refractivity contribution in [3.05, 3.63) is 35.9 Å². The maximum atomic E-state index is 12.3. The summed E-state index contributed by atoms with van der Waals surface area (Å²) >= 11 is 0. The molecule has 1 aliphatic rings. The fraction of sp³-hybridized carbons (Fsp3) is 0.562. The van der Waals surface area contributed by atoms with E-state index in [0.29, 0.717) is 39.4 Å². The Balaban J connectivity index is 0.00000242. The predicted molar refractivity (Wildman–Crippen MR) is 90.3 cm³/mol. The second-order valence-electron chi connectivity index (χ2n) is 5.29. The van der Waals surface area contributed by atoms with Crippen molar-refractivity contribution in [1.29, 1.82) is 0 Å². The molecule has 1 aliphatic heterocycles. The van der Waals surface area contributed by atoms with Crippen molar-refractivity contribution < 1.29 is 9.53 Å². The second-order valence-corrected chi connectivity index (χ2v) is 5.29. The minimum Gasteiger partial charge on any atom is -0.378 e. The molecular weight excluding hydrogens is 302 g/mol. The van der Waals surface area contributed by atoms with Gasteiger partial charge in [-0.3, -0.25) is 9.69 Å². The van der Waals surface area contributed by atoms with Gasteiger partial charge in [0.05, 0.1) is 19.8 Å². The number of nitrogens with zero attached hydrogens (tertiary/aromatic N) is 2. The molecule has 1 heterocycles. The summed E-state index contributed by atoms with van der Waals surface area (Å²) in [6, 6.07) is 10.3. The Kier molecular flexibility index (Phi) is 9.08. The minimum atomic E-state index is 0. The molecule has 1 aromatic carbocycles. The highest BCUT2D eigenvalue weighted by molar-refractivity contribution is 5.85. The van der Waals surface area contributed by atoms with Crippen LogP contribution in [-0.2, 0) is 16.0 Å². The maximum absolute atomic E-state index is 12.3. The zero-order valence-corrected chi connectivity index (χ0v) is 13.8. The first kappa shape index (κ1) is 18.9. The fourth-order valence-corrected chi connectivity index (χ4v) is 2.49. The third-order valence-electron chi connectivity index (χ3n) is 3.73. The largest absolute Gasteiger partial charge is 0.378 e. The van der Waals surface area contributed by atoms with Crippen LogP contribution in [0.25, 0.3) is 0 Å². The zero-order valence-electron chi connectivity index (χ0n) is 12.9. The van der Waals surface area contributed by atoms with Gasteiger partial charge in [0.2, 0.25) is 5.91 Å². The van der Waals surface area contributed by atoms with Gasteiger partial charge in [-0.1, -0.05) is 30.3 Å². The molecule has 124 valence electrons. The van der Waals surface area contributed by atoms with Gasteiger partial charge < -0.3 is 15.4 Å². The molecule has 0 saturated carbocycles. The summed E-state index contributed by atoms with van der Waals surface area (Å²) in [4.78, 5) is 16.3. The number of carbonyl (C=O) groups excluding carboxylic acids is 1. The van der Waals surface area contributed by atoms with E-state index in [9.17, 15) is 4.79 Å². The first-order valence-electron chi connectivity index (χ1n) is 7.61. The molecule has 5 nitrogen and oxygen atoms in total. The zero-order chi connectivity index (χ0) is 14.9. The van der Waals surface area contributed by atoms with Crippen molar-refractivity contribution in [3.63, 3.8) is 0 Å². The molecule has 0 spiro atoms. The quantitative estimate of drug-likeness (QED) is 0.803. The highest BCUT2D eigenvalue weighted by Gasteiger charge is 2.19. The summed E-state index contributed by atoms with van der Waals surface area (Å²) in [6.45, 7) is 5.33. The summed E-state index contributed by atoms with van der Waals surface area (Å²) in [6.07, 6.45) is 0.942. The van der Waals surface area contributed by atoms with Crippen molar-refractivity contribution in [1.82, 2.24) is 9.80 Å². The molecule has 0 aromatic heterocycles. The minimum absolute atomic E-state index is 0. The van der Waals surface area contributed by atoms with Gasteiger partial charge in [-0.15, -0.1) is 12.4 Å². The number of morpholine rings is 1. The van der Waals surface area contributed by atoms with Crippen LogP contribution in [0.15, 0.2) is 30.3 Å². The van der Waals surface area contributed by atoms with Crippen LogP contribution in [-0.4, -0.2) is 68.2 Å². The van der Waals surface area contributed by atoms with Gasteiger partial charge in [0, 0.05) is 32.7 Å². The van der Waals surface area contributed by atoms with Gasteiger partial charge in [0.1, 0.15) is 0 Å². The number of benzene rings is 1. The summed E-state index contributed by atoms with van der Waals surface area (Å²) in [5.41, 5.74) is 6.96. The van der Waals surface area contributed by atoms with E-state index in [1.165, 1.54) is 5.56 Å². The number of nitrogens with two attached hydrogens (primary N) is 1. The third-order valence-corrected chi connectivity index (χ3v) is 3.73. The average molecular weight is 328 g/mol. The van der Waals surface area contributed by atoms with Crippen LogP contribution < -0.4 is 5.73 Å². The molecule has 0 atom stereocenters. The van der Waals surface area contributed by atoms with Crippen molar-refractivity contribution in [2.75, 3.05) is 52.5 Å². The van der Waals surface area contributed by atoms with E-state index >= 15 is 0 Å². The van der Waals surface area contributed by atoms with Crippen molar-refractivity contribution in [2.45, 2.75) is 6.42 Å². The summed E-state index contributed by atoms with van der Waals surface area (Å²) in [5.74, 6) is 0.180. The molecule has 2 rings (SSSR count). The maximum Gasteiger partial charge on any atom is 0.236 e. The first-order chi connectivity index (χ1) is 10.3. The van der Waals surface area contributed by atoms with Crippen LogP contribution in [0.4, 0.5) is 0 Å². The smallest absolute Gasteiger partial charge is 0.236 e. The van der Waals surface area contributed by atoms with E-state index in [2.05, 4.69) is 17.0 Å². The lowest BCUT2D eigenvalue weighted by atomic mass is 10.1. The Morgan fingerprint density at radius 1 is 1.18 bits per heavy atom. The number of ether oxygens (including phenoxy) is 1. The number of halogens is 1. The molecule has 6 heteroatoms. The van der Waals surface area contributed by atoms with Gasteiger partial charge in [-0.25, -0.2) is 0 Å². The highest BCUT2D eigenvalue weighted by Crippen LogP contribution is 2.03. The lowest BCUT2D eigenvalue weighted by molar-refractivity contribution is -0.136. The van der Waals surface area contributed by atoms with Gasteiger partial charge in [-0.2, -0.15) is 0 Å². The molecule has 0 aliphatic carbocycles. The van der Waals surface area contributed by atoms with Crippen LogP contribution >= 0.6 is 12.4 Å². The fourth-order valence-electron chi connectivity index (χ4n) is 2.49. The number of carbonyl (C=O) groups is 1. The van der Waals surface area contributed by atoms with Crippen LogP contribution in [0.1, 0.15) is 5.56 Å². The van der Waals surface area contributed by atoms with Crippen LogP contribution in [0.5, 0.6) is 0 Å². The van der Waals surface area contributed by atoms with Crippen LogP contribution in [0, 0.1) is 0 Å². The normalized spacial score (nSPS) is 14.7. The van der Waals surface area contributed by atoms with E-state index in [4.69, 9.17) is 10.5 Å². The Hall–Kier alpha value is -1.14. The van der Waals surface area contributed by atoms with Crippen LogP contribution in [0.3, 0.4) is 0 Å². The van der Waals surface area contributed by atoms with E-state index in [-0.39, 0.29) is 18.3 Å². The Bertz CT molecular complexity index is 425. The monoisotopic (exact) mass is 327 g/mol. The first-order valence-corrected chi connectivity index (χ1v) is 7.61. The van der Waals surface area contributed by atoms with Gasteiger partial charge in [0.25, 0.3) is 0 Å². The van der Waals surface area contributed by atoms with Crippen LogP contribution in [0.2, 0.25) is 0 Å². The molecule has 2 N–H and O–H groups in total. The lowest BCUT2D eigenvalue weighted by Crippen LogP contribution is -2.47. The Labute approximate surface area is 138 Å². The summed E-state index contributed by atoms with van der Waals surface area (Å²) in [7, 11) is 0. The third kappa shape index (κ3) is 6.32. The van der Waals surface area contributed by atoms with Gasteiger partial charge >= 0.3 is 0 Å². The van der Waals surface area contributed by atoms with Gasteiger partial charge in [-0.05, 0) is 12.0 Å². The Morgan fingerprint density at radius 2 is 1.86 bits per heavy atom. The predicted octanol–water partition coefficient (Wildman–Crippen LogP) is 0.770. The van der Waals surface area contributed by atoms with E-state index in [1.807, 2.05) is 23.1 Å². The average Bonchev–Trinajstić information content (AvgIpc) is 2.54. The number of hydrogen-bond donors (Lipinski definition) is 1. The molecule has 0 unspecified atom stereocenters. The molecule has 0 radical (unpaired) electrons. The SMILES string of the molecule is Cl.NCCN(CCc1ccccc1)CC(=O)N1CCOCC1. The molecule has 22 heavy (non-hydrogen) atoms. The van der Waals surface area contributed by atoms with E-state index < -0.39 is 0 Å². The number of rotatable bonds is 7. The van der Waals surface area contributed by atoms with Gasteiger partial charge in [0.15, 0.2) is 0 Å². The molecular formula is C16H26ClN3O2. The second kappa shape index (κ2) is 10.6.